The van der Waals surface area contributed by atoms with Crippen LogP contribution in [0.15, 0.2) is 47.8 Å². The van der Waals surface area contributed by atoms with Crippen LogP contribution in [0.25, 0.3) is 0 Å². The van der Waals surface area contributed by atoms with Crippen molar-refractivity contribution < 1.29 is 23.8 Å². The number of carbonyl (C=O) groups is 2. The molecule has 3 rings (SSSR count). The summed E-state index contributed by atoms with van der Waals surface area (Å²) in [5.41, 5.74) is -2.06. The molecular formula is C23H29NO5S. The van der Waals surface area contributed by atoms with Gasteiger partial charge in [-0.2, -0.15) is 0 Å². The van der Waals surface area contributed by atoms with Crippen LogP contribution in [0, 0.1) is 5.41 Å². The van der Waals surface area contributed by atoms with Crippen molar-refractivity contribution in [2.45, 2.75) is 65.1 Å². The number of alkyl carbamates (subject to hydrolysis) is 1. The van der Waals surface area contributed by atoms with Gasteiger partial charge >= 0.3 is 12.1 Å². The zero-order valence-corrected chi connectivity index (χ0v) is 19.0. The van der Waals surface area contributed by atoms with Crippen molar-refractivity contribution in [3.63, 3.8) is 0 Å². The fraction of sp³-hybridized carbons (Fsp3) is 0.478. The van der Waals surface area contributed by atoms with E-state index in [0.29, 0.717) is 5.56 Å². The van der Waals surface area contributed by atoms with Gasteiger partial charge in [0.1, 0.15) is 11.6 Å². The first kappa shape index (κ1) is 22.3. The van der Waals surface area contributed by atoms with Crippen molar-refractivity contribution in [1.82, 2.24) is 5.32 Å². The lowest BCUT2D eigenvalue weighted by molar-refractivity contribution is -0.158. The Kier molecular flexibility index (Phi) is 5.98. The van der Waals surface area contributed by atoms with E-state index in [4.69, 9.17) is 14.2 Å². The third-order valence-corrected chi connectivity index (χ3v) is 5.55. The first-order chi connectivity index (χ1) is 13.9. The summed E-state index contributed by atoms with van der Waals surface area (Å²) < 4.78 is 17.6. The number of amides is 1. The van der Waals surface area contributed by atoms with Crippen molar-refractivity contribution in [1.29, 1.82) is 0 Å². The number of nitrogens with one attached hydrogen (secondary N) is 1. The monoisotopic (exact) mass is 431 g/mol. The van der Waals surface area contributed by atoms with Gasteiger partial charge in [0.05, 0.1) is 0 Å². The maximum atomic E-state index is 13.4. The Morgan fingerprint density at radius 2 is 1.77 bits per heavy atom. The first-order valence-electron chi connectivity index (χ1n) is 9.91. The van der Waals surface area contributed by atoms with Gasteiger partial charge in [0.2, 0.25) is 11.9 Å². The van der Waals surface area contributed by atoms with Crippen molar-refractivity contribution >= 4 is 23.4 Å². The van der Waals surface area contributed by atoms with Gasteiger partial charge in [-0.25, -0.2) is 9.59 Å². The summed E-state index contributed by atoms with van der Waals surface area (Å²) in [5, 5.41) is 4.77. The summed E-state index contributed by atoms with van der Waals surface area (Å²) in [6.45, 7) is 11.2. The molecule has 162 valence electrons. The largest absolute Gasteiger partial charge is 0.444 e. The van der Waals surface area contributed by atoms with Crippen LogP contribution in [0.2, 0.25) is 0 Å². The van der Waals surface area contributed by atoms with E-state index in [1.807, 2.05) is 68.6 Å². The van der Waals surface area contributed by atoms with Crippen molar-refractivity contribution in [2.75, 3.05) is 0 Å². The number of cyclic esters (lactones) is 1. The lowest BCUT2D eigenvalue weighted by Gasteiger charge is -2.35. The molecule has 2 heterocycles. The van der Waals surface area contributed by atoms with Crippen LogP contribution in [0.5, 0.6) is 0 Å². The predicted molar refractivity (Wildman–Crippen MR) is 115 cm³/mol. The summed E-state index contributed by atoms with van der Waals surface area (Å²) in [7, 11) is 0. The molecule has 0 bridgehead atoms. The minimum atomic E-state index is -1.54. The quantitative estimate of drug-likeness (QED) is 0.677. The number of hydrogen-bond acceptors (Lipinski definition) is 6. The fourth-order valence-electron chi connectivity index (χ4n) is 3.26. The Labute approximate surface area is 181 Å². The van der Waals surface area contributed by atoms with Crippen LogP contribution < -0.4 is 5.32 Å². The van der Waals surface area contributed by atoms with Crippen LogP contribution in [0.3, 0.4) is 0 Å². The lowest BCUT2D eigenvalue weighted by atomic mass is 9.85. The third kappa shape index (κ3) is 4.52. The molecule has 1 fully saturated rings. The number of esters is 1. The average molecular weight is 432 g/mol. The molecule has 0 saturated carbocycles. The van der Waals surface area contributed by atoms with E-state index in [0.717, 1.165) is 4.88 Å². The molecule has 6 nitrogen and oxygen atoms in total. The Morgan fingerprint density at radius 1 is 1.10 bits per heavy atom. The van der Waals surface area contributed by atoms with Gasteiger partial charge in [-0.15, -0.1) is 11.3 Å². The van der Waals surface area contributed by atoms with E-state index in [2.05, 4.69) is 5.32 Å². The number of carbonyl (C=O) groups excluding carboxylic acids is 2. The molecule has 0 radical (unpaired) electrons. The van der Waals surface area contributed by atoms with Crippen LogP contribution in [-0.2, 0) is 24.6 Å². The normalized spacial score (nSPS) is 23.0. The van der Waals surface area contributed by atoms with Gasteiger partial charge < -0.3 is 19.5 Å². The standard InChI is InChI=1S/C23H29NO5S/c1-21(2,3)19-27-18(25)23(28-19,15-11-8-7-9-12-15)17(16-13-10-14-30-16)24-20(26)29-22(4,5)6/h7-14,17,19H,1-6H3,(H,24,26)/t17-,19+,23+/m0/s1. The van der Waals surface area contributed by atoms with E-state index in [9.17, 15) is 9.59 Å². The second-order valence-electron chi connectivity index (χ2n) is 9.42. The fourth-order valence-corrected chi connectivity index (χ4v) is 4.09. The van der Waals surface area contributed by atoms with Crippen LogP contribution >= 0.6 is 11.3 Å². The second-order valence-corrected chi connectivity index (χ2v) is 10.4. The predicted octanol–water partition coefficient (Wildman–Crippen LogP) is 5.16. The van der Waals surface area contributed by atoms with Gasteiger partial charge in [-0.1, -0.05) is 57.2 Å². The molecule has 0 unspecified atom stereocenters. The Bertz CT molecular complexity index is 883. The molecule has 7 heteroatoms. The van der Waals surface area contributed by atoms with Gasteiger partial charge in [-0.05, 0) is 37.8 Å². The molecule has 1 amide bonds. The molecule has 3 atom stereocenters. The number of thiophene rings is 1. The molecular weight excluding hydrogens is 402 g/mol. The van der Waals surface area contributed by atoms with Crippen LogP contribution in [-0.4, -0.2) is 24.0 Å². The number of ether oxygens (including phenoxy) is 3. The molecule has 1 aliphatic rings. The summed E-state index contributed by atoms with van der Waals surface area (Å²) >= 11 is 1.42. The van der Waals surface area contributed by atoms with Gasteiger partial charge in [0, 0.05) is 10.3 Å². The summed E-state index contributed by atoms with van der Waals surface area (Å²) in [4.78, 5) is 26.9. The second kappa shape index (κ2) is 8.04. The topological polar surface area (TPSA) is 73.9 Å². The highest BCUT2D eigenvalue weighted by Gasteiger charge is 2.60. The van der Waals surface area contributed by atoms with E-state index in [1.165, 1.54) is 11.3 Å². The molecule has 1 aliphatic heterocycles. The summed E-state index contributed by atoms with van der Waals surface area (Å²) in [6, 6.07) is 12.0. The number of benzene rings is 1. The molecule has 1 N–H and O–H groups in total. The maximum absolute atomic E-state index is 13.4. The van der Waals surface area contributed by atoms with Crippen molar-refractivity contribution in [3.8, 4) is 0 Å². The lowest BCUT2D eigenvalue weighted by Crippen LogP contribution is -2.49. The highest BCUT2D eigenvalue weighted by atomic mass is 32.1. The molecule has 30 heavy (non-hydrogen) atoms. The van der Waals surface area contributed by atoms with Gasteiger partial charge in [0.15, 0.2) is 0 Å². The van der Waals surface area contributed by atoms with Crippen molar-refractivity contribution in [3.05, 3.63) is 58.3 Å². The zero-order valence-electron chi connectivity index (χ0n) is 18.2. The Hall–Kier alpha value is -2.38. The molecule has 0 spiro atoms. The SMILES string of the molecule is CC(C)(C)OC(=O)N[C@@H](c1cccs1)[C@@]1(c2ccccc2)O[C@H](C(C)(C)C)OC1=O. The molecule has 1 aromatic heterocycles. The molecule has 1 saturated heterocycles. The molecule has 0 aliphatic carbocycles. The van der Waals surface area contributed by atoms with E-state index in [-0.39, 0.29) is 0 Å². The maximum Gasteiger partial charge on any atom is 0.408 e. The van der Waals surface area contributed by atoms with E-state index < -0.39 is 41.0 Å². The highest BCUT2D eigenvalue weighted by Crippen LogP contribution is 2.49. The average Bonchev–Trinajstić information content (AvgIpc) is 3.27. The first-order valence-corrected chi connectivity index (χ1v) is 10.8. The molecule has 2 aromatic rings. The Morgan fingerprint density at radius 3 is 2.27 bits per heavy atom. The summed E-state index contributed by atoms with van der Waals surface area (Å²) in [6.07, 6.45) is -1.40. The van der Waals surface area contributed by atoms with Crippen LogP contribution in [0.4, 0.5) is 4.79 Å². The van der Waals surface area contributed by atoms with Gasteiger partial charge in [0.25, 0.3) is 0 Å². The van der Waals surface area contributed by atoms with E-state index >= 15 is 0 Å². The highest BCUT2D eigenvalue weighted by molar-refractivity contribution is 7.10. The smallest absolute Gasteiger partial charge is 0.408 e. The van der Waals surface area contributed by atoms with Crippen molar-refractivity contribution in [2.24, 2.45) is 5.41 Å². The van der Waals surface area contributed by atoms with Gasteiger partial charge in [-0.3, -0.25) is 0 Å². The Balaban J connectivity index is 2.12. The van der Waals surface area contributed by atoms with E-state index in [1.54, 1.807) is 20.8 Å². The number of rotatable bonds is 4. The molecule has 1 aromatic carbocycles. The number of hydrogen-bond donors (Lipinski definition) is 1. The minimum absolute atomic E-state index is 0.446. The third-order valence-electron chi connectivity index (χ3n) is 4.62. The van der Waals surface area contributed by atoms with Crippen LogP contribution in [0.1, 0.15) is 58.0 Å². The zero-order chi connectivity index (χ0) is 22.2. The minimum Gasteiger partial charge on any atom is -0.444 e. The summed E-state index contributed by atoms with van der Waals surface area (Å²) in [5.74, 6) is -0.539.